The number of rotatable bonds is 11. The first-order chi connectivity index (χ1) is 22.6. The largest absolute Gasteiger partial charge is 0.473 e. The number of hydrogen-bond acceptors (Lipinski definition) is 8. The molecule has 5 aromatic rings. The van der Waals surface area contributed by atoms with Crippen LogP contribution in [0.1, 0.15) is 86.0 Å². The average molecular weight is 639 g/mol. The third-order valence-electron chi connectivity index (χ3n) is 8.63. The fourth-order valence-electron chi connectivity index (χ4n) is 6.26. The van der Waals surface area contributed by atoms with Crippen LogP contribution < -0.4 is 4.74 Å². The fourth-order valence-corrected chi connectivity index (χ4v) is 6.26. The first kappa shape index (κ1) is 32.7. The van der Waals surface area contributed by atoms with E-state index in [1.165, 1.54) is 0 Å². The number of nitrogens with zero attached hydrogens (tertiary/aromatic N) is 6. The molecule has 1 aliphatic rings. The molecule has 248 valence electrons. The van der Waals surface area contributed by atoms with Gasteiger partial charge in [-0.25, -0.2) is 14.8 Å². The van der Waals surface area contributed by atoms with Gasteiger partial charge in [-0.1, -0.05) is 25.1 Å². The van der Waals surface area contributed by atoms with Crippen molar-refractivity contribution in [2.45, 2.75) is 85.3 Å². The van der Waals surface area contributed by atoms with Gasteiger partial charge in [0, 0.05) is 36.7 Å². The monoisotopic (exact) mass is 638 g/mol. The topological polar surface area (TPSA) is 96.5 Å². The summed E-state index contributed by atoms with van der Waals surface area (Å²) in [5.41, 5.74) is 5.98. The number of pyridine rings is 1. The SMILES string of the molecule is CCCOCn1c(CN2CCC(c3cccc(OCc4ccc5c(C)nn(C)c5c4)n3)CC2)nc2ccc(C(=O)OC(C)(C)C)cc21. The van der Waals surface area contributed by atoms with E-state index in [1.54, 1.807) is 6.07 Å². The molecule has 0 unspecified atom stereocenters. The number of carbonyl (C=O) groups is 1. The van der Waals surface area contributed by atoms with Crippen LogP contribution in [0.15, 0.2) is 54.6 Å². The summed E-state index contributed by atoms with van der Waals surface area (Å²) in [6.07, 6.45) is 2.93. The van der Waals surface area contributed by atoms with Gasteiger partial charge in [0.25, 0.3) is 0 Å². The number of aryl methyl sites for hydroxylation is 2. The van der Waals surface area contributed by atoms with Gasteiger partial charge in [0.05, 0.1) is 34.4 Å². The number of carbonyl (C=O) groups excluding carboxylic acids is 1. The zero-order valence-corrected chi connectivity index (χ0v) is 28.5. The lowest BCUT2D eigenvalue weighted by molar-refractivity contribution is 0.00695. The summed E-state index contributed by atoms with van der Waals surface area (Å²) in [6.45, 7) is 13.8. The molecule has 10 nitrogen and oxygen atoms in total. The minimum atomic E-state index is -0.563. The van der Waals surface area contributed by atoms with Gasteiger partial charge in [0.2, 0.25) is 5.88 Å². The van der Waals surface area contributed by atoms with Gasteiger partial charge in [-0.3, -0.25) is 9.58 Å². The van der Waals surface area contributed by atoms with Crippen molar-refractivity contribution in [2.24, 2.45) is 7.05 Å². The number of benzene rings is 2. The van der Waals surface area contributed by atoms with Gasteiger partial charge >= 0.3 is 5.97 Å². The highest BCUT2D eigenvalue weighted by Gasteiger charge is 2.25. The third-order valence-corrected chi connectivity index (χ3v) is 8.63. The molecule has 0 amide bonds. The molecule has 10 heteroatoms. The van der Waals surface area contributed by atoms with Crippen molar-refractivity contribution < 1.29 is 19.0 Å². The van der Waals surface area contributed by atoms with E-state index in [-0.39, 0.29) is 5.97 Å². The lowest BCUT2D eigenvalue weighted by atomic mass is 9.93. The van der Waals surface area contributed by atoms with Gasteiger partial charge in [0.1, 0.15) is 24.8 Å². The molecular formula is C37H46N6O4. The van der Waals surface area contributed by atoms with Crippen LogP contribution in [-0.2, 0) is 36.4 Å². The number of fused-ring (bicyclic) bond motifs is 2. The van der Waals surface area contributed by atoms with Crippen molar-refractivity contribution in [2.75, 3.05) is 19.7 Å². The maximum Gasteiger partial charge on any atom is 0.338 e. The minimum Gasteiger partial charge on any atom is -0.473 e. The molecule has 3 aromatic heterocycles. The van der Waals surface area contributed by atoms with Crippen LogP contribution in [0.2, 0.25) is 0 Å². The fraction of sp³-hybridized carbons (Fsp3) is 0.459. The Balaban J connectivity index is 1.10. The quantitative estimate of drug-likeness (QED) is 0.114. The first-order valence-electron chi connectivity index (χ1n) is 16.6. The number of ether oxygens (including phenoxy) is 3. The highest BCUT2D eigenvalue weighted by molar-refractivity contribution is 5.94. The molecule has 0 atom stereocenters. The smallest absolute Gasteiger partial charge is 0.338 e. The molecule has 4 heterocycles. The zero-order chi connectivity index (χ0) is 33.1. The van der Waals surface area contributed by atoms with E-state index in [4.69, 9.17) is 24.2 Å². The van der Waals surface area contributed by atoms with Crippen molar-refractivity contribution in [3.8, 4) is 5.88 Å². The van der Waals surface area contributed by atoms with E-state index in [0.717, 1.165) is 77.1 Å². The number of aromatic nitrogens is 5. The Morgan fingerprint density at radius 2 is 1.81 bits per heavy atom. The van der Waals surface area contributed by atoms with Gasteiger partial charge in [0.15, 0.2) is 0 Å². The molecule has 0 spiro atoms. The number of piperidine rings is 1. The Morgan fingerprint density at radius 3 is 2.57 bits per heavy atom. The normalized spacial score (nSPS) is 14.7. The van der Waals surface area contributed by atoms with Crippen LogP contribution in [0, 0.1) is 6.92 Å². The molecule has 0 aliphatic carbocycles. The average Bonchev–Trinajstić information content (AvgIpc) is 3.53. The molecule has 47 heavy (non-hydrogen) atoms. The molecule has 1 aliphatic heterocycles. The Bertz CT molecular complexity index is 1860. The molecule has 0 saturated carbocycles. The molecular weight excluding hydrogens is 592 g/mol. The van der Waals surface area contributed by atoms with Crippen molar-refractivity contribution >= 4 is 27.9 Å². The molecule has 0 bridgehead atoms. The van der Waals surface area contributed by atoms with E-state index < -0.39 is 5.60 Å². The van der Waals surface area contributed by atoms with Crippen molar-refractivity contribution in [1.29, 1.82) is 0 Å². The van der Waals surface area contributed by atoms with Gasteiger partial charge < -0.3 is 18.8 Å². The number of imidazole rings is 1. The lowest BCUT2D eigenvalue weighted by Gasteiger charge is -2.31. The first-order valence-corrected chi connectivity index (χ1v) is 16.6. The Labute approximate surface area is 276 Å². The molecule has 1 saturated heterocycles. The van der Waals surface area contributed by atoms with E-state index >= 15 is 0 Å². The molecule has 0 radical (unpaired) electrons. The third kappa shape index (κ3) is 7.66. The maximum atomic E-state index is 12.8. The maximum absolute atomic E-state index is 12.8. The Hall–Kier alpha value is -4.28. The van der Waals surface area contributed by atoms with Crippen LogP contribution in [0.4, 0.5) is 0 Å². The molecule has 6 rings (SSSR count). The van der Waals surface area contributed by atoms with E-state index in [0.29, 0.717) is 43.9 Å². The number of esters is 1. The molecule has 2 aromatic carbocycles. The summed E-state index contributed by atoms with van der Waals surface area (Å²) in [5.74, 6) is 1.61. The van der Waals surface area contributed by atoms with Gasteiger partial charge in [-0.05, 0) is 95.9 Å². The van der Waals surface area contributed by atoms with Gasteiger partial charge in [-0.2, -0.15) is 5.10 Å². The summed E-state index contributed by atoms with van der Waals surface area (Å²) in [5, 5.41) is 5.69. The second kappa shape index (κ2) is 13.8. The van der Waals surface area contributed by atoms with Crippen molar-refractivity contribution in [3.05, 3.63) is 82.9 Å². The molecule has 0 N–H and O–H groups in total. The predicted octanol–water partition coefficient (Wildman–Crippen LogP) is 6.92. The van der Waals surface area contributed by atoms with Crippen LogP contribution in [-0.4, -0.2) is 60.5 Å². The summed E-state index contributed by atoms with van der Waals surface area (Å²) in [6, 6.07) is 18.0. The van der Waals surface area contributed by atoms with Crippen LogP contribution in [0.5, 0.6) is 5.88 Å². The Kier molecular flexibility index (Phi) is 9.61. The van der Waals surface area contributed by atoms with E-state index in [9.17, 15) is 4.79 Å². The van der Waals surface area contributed by atoms with Crippen LogP contribution >= 0.6 is 0 Å². The second-order valence-electron chi connectivity index (χ2n) is 13.5. The van der Waals surface area contributed by atoms with Crippen LogP contribution in [0.3, 0.4) is 0 Å². The van der Waals surface area contributed by atoms with E-state index in [1.807, 2.05) is 63.7 Å². The highest BCUT2D eigenvalue weighted by Crippen LogP contribution is 2.30. The van der Waals surface area contributed by atoms with Crippen LogP contribution in [0.25, 0.3) is 21.9 Å². The molecule has 1 fully saturated rings. The summed E-state index contributed by atoms with van der Waals surface area (Å²) >= 11 is 0. The summed E-state index contributed by atoms with van der Waals surface area (Å²) < 4.78 is 21.7. The van der Waals surface area contributed by atoms with Gasteiger partial charge in [-0.15, -0.1) is 0 Å². The highest BCUT2D eigenvalue weighted by atomic mass is 16.6. The Morgan fingerprint density at radius 1 is 1.00 bits per heavy atom. The lowest BCUT2D eigenvalue weighted by Crippen LogP contribution is -2.33. The van der Waals surface area contributed by atoms with Crippen molar-refractivity contribution in [3.63, 3.8) is 0 Å². The predicted molar refractivity (Wildman–Crippen MR) is 182 cm³/mol. The second-order valence-corrected chi connectivity index (χ2v) is 13.5. The van der Waals surface area contributed by atoms with Crippen molar-refractivity contribution in [1.82, 2.24) is 29.2 Å². The number of hydrogen-bond donors (Lipinski definition) is 0. The summed E-state index contributed by atoms with van der Waals surface area (Å²) in [7, 11) is 1.97. The number of likely N-dealkylation sites (tertiary alicyclic amines) is 1. The minimum absolute atomic E-state index is 0.338. The standard InChI is InChI=1S/C37H46N6O4/c1-7-19-45-24-43-33-21-28(36(44)47-37(3,4)5)12-14-31(33)38-34(43)22-42-17-15-27(16-18-42)30-9-8-10-35(39-30)46-23-26-11-13-29-25(2)40-41(6)32(29)20-26/h8-14,20-21,27H,7,15-19,22-24H2,1-6H3. The summed E-state index contributed by atoms with van der Waals surface area (Å²) in [4.78, 5) is 25.1. The zero-order valence-electron chi connectivity index (χ0n) is 28.5. The van der Waals surface area contributed by atoms with E-state index in [2.05, 4.69) is 45.8 Å².